The third kappa shape index (κ3) is 6.18. The Kier molecular flexibility index (Phi) is 7.07. The maximum atomic E-state index is 13.1. The predicted octanol–water partition coefficient (Wildman–Crippen LogP) is 3.05. The molecule has 2 aromatic carbocycles. The molecule has 0 heterocycles. The largest absolute Gasteiger partial charge is 0.332 e. The highest BCUT2D eigenvalue weighted by Crippen LogP contribution is 2.18. The van der Waals surface area contributed by atoms with E-state index in [1.54, 1.807) is 12.1 Å². The highest BCUT2D eigenvalue weighted by molar-refractivity contribution is 6.01. The van der Waals surface area contributed by atoms with Crippen LogP contribution in [0.2, 0.25) is 0 Å². The zero-order valence-electron chi connectivity index (χ0n) is 16.2. The van der Waals surface area contributed by atoms with Crippen molar-refractivity contribution in [1.82, 2.24) is 5.32 Å². The van der Waals surface area contributed by atoms with Gasteiger partial charge in [0.1, 0.15) is 11.9 Å². The average molecular weight is 372 g/mol. The quantitative estimate of drug-likeness (QED) is 0.729. The Morgan fingerprint density at radius 2 is 1.74 bits per heavy atom. The molecule has 0 fully saturated rings. The normalized spacial score (nSPS) is 11.9. The van der Waals surface area contributed by atoms with E-state index in [9.17, 15) is 14.0 Å². The number of halogens is 1. The summed E-state index contributed by atoms with van der Waals surface area (Å²) in [5.41, 5.74) is 3.64. The Labute approximate surface area is 159 Å². The molecule has 0 saturated carbocycles. The lowest BCUT2D eigenvalue weighted by atomic mass is 9.96. The molecule has 2 rings (SSSR count). The Morgan fingerprint density at radius 3 is 2.33 bits per heavy atom. The number of rotatable bonds is 6. The second-order valence-electron chi connectivity index (χ2n) is 7.08. The molecule has 4 N–H and O–H groups in total. The fraction of sp³-hybridized carbons (Fsp3) is 0.333. The summed E-state index contributed by atoms with van der Waals surface area (Å²) in [6.45, 7) is 8.04. The molecular weight excluding hydrogens is 345 g/mol. The third-order valence-corrected chi connectivity index (χ3v) is 4.41. The third-order valence-electron chi connectivity index (χ3n) is 4.41. The molecule has 1 atom stereocenters. The number of aryl methyl sites for hydroxylation is 2. The second kappa shape index (κ2) is 9.28. The number of nitrogens with one attached hydrogen (secondary N) is 2. The first kappa shape index (κ1) is 20.6. The minimum absolute atomic E-state index is 0.00115. The Hall–Kier alpha value is -2.73. The zero-order valence-corrected chi connectivity index (χ0v) is 16.2. The van der Waals surface area contributed by atoms with Crippen molar-refractivity contribution in [3.63, 3.8) is 0 Å². The number of benzene rings is 2. The lowest BCUT2D eigenvalue weighted by Crippen LogP contribution is -2.88. The van der Waals surface area contributed by atoms with Gasteiger partial charge in [-0.25, -0.2) is 9.18 Å². The lowest BCUT2D eigenvalue weighted by molar-refractivity contribution is -0.692. The van der Waals surface area contributed by atoms with Crippen LogP contribution < -0.4 is 16.0 Å². The second-order valence-corrected chi connectivity index (χ2v) is 7.08. The van der Waals surface area contributed by atoms with Crippen molar-refractivity contribution in [3.8, 4) is 0 Å². The zero-order chi connectivity index (χ0) is 20.0. The standard InChI is InChI=1S/C21H26FN3O2/c1-13(2)20(16-6-8-17(22)9-7-16)23-12-19(26)25-21(27)24-18-10-5-14(3)11-15(18)4/h5-11,13,20,23H,12H2,1-4H3,(H2,24,25,26,27)/p+1/t20-/m1/s1. The number of carbonyl (C=O) groups is 2. The lowest BCUT2D eigenvalue weighted by Gasteiger charge is -2.19. The van der Waals surface area contributed by atoms with Crippen LogP contribution in [0, 0.1) is 25.6 Å². The molecule has 0 aliphatic rings. The van der Waals surface area contributed by atoms with Gasteiger partial charge in [-0.1, -0.05) is 43.7 Å². The van der Waals surface area contributed by atoms with E-state index in [2.05, 4.69) is 10.6 Å². The highest BCUT2D eigenvalue weighted by atomic mass is 19.1. The van der Waals surface area contributed by atoms with E-state index in [0.29, 0.717) is 5.69 Å². The molecule has 0 aromatic heterocycles. The van der Waals surface area contributed by atoms with E-state index in [1.165, 1.54) is 12.1 Å². The molecule has 0 radical (unpaired) electrons. The molecule has 3 amide bonds. The van der Waals surface area contributed by atoms with Crippen LogP contribution in [0.3, 0.4) is 0 Å². The SMILES string of the molecule is Cc1ccc(NC(=O)NC(=O)C[NH2+][C@@H](c2ccc(F)cc2)C(C)C)c(C)c1. The van der Waals surface area contributed by atoms with Crippen molar-refractivity contribution in [1.29, 1.82) is 0 Å². The molecule has 5 nitrogen and oxygen atoms in total. The number of carbonyl (C=O) groups excluding carboxylic acids is 2. The van der Waals surface area contributed by atoms with Crippen LogP contribution >= 0.6 is 0 Å². The Bertz CT molecular complexity index is 804. The van der Waals surface area contributed by atoms with Gasteiger partial charge in [0.05, 0.1) is 0 Å². The molecule has 0 aliphatic carbocycles. The Morgan fingerprint density at radius 1 is 1.07 bits per heavy atom. The molecule has 0 unspecified atom stereocenters. The van der Waals surface area contributed by atoms with Crippen LogP contribution in [0.1, 0.15) is 36.6 Å². The first-order chi connectivity index (χ1) is 12.8. The van der Waals surface area contributed by atoms with E-state index in [0.717, 1.165) is 16.7 Å². The van der Waals surface area contributed by atoms with Crippen molar-refractivity contribution in [2.75, 3.05) is 11.9 Å². The molecule has 2 aromatic rings. The van der Waals surface area contributed by atoms with Gasteiger partial charge < -0.3 is 10.6 Å². The van der Waals surface area contributed by atoms with E-state index >= 15 is 0 Å². The summed E-state index contributed by atoms with van der Waals surface area (Å²) in [7, 11) is 0. The van der Waals surface area contributed by atoms with Gasteiger partial charge in [0.2, 0.25) is 0 Å². The van der Waals surface area contributed by atoms with Crippen LogP contribution in [-0.4, -0.2) is 18.5 Å². The summed E-state index contributed by atoms with van der Waals surface area (Å²) in [6, 6.07) is 11.4. The number of amides is 3. The van der Waals surface area contributed by atoms with Gasteiger partial charge in [0, 0.05) is 17.2 Å². The minimum Gasteiger partial charge on any atom is -0.332 e. The maximum Gasteiger partial charge on any atom is 0.326 e. The molecule has 0 saturated heterocycles. The number of quaternary nitrogens is 1. The van der Waals surface area contributed by atoms with Crippen LogP contribution in [0.15, 0.2) is 42.5 Å². The number of hydrogen-bond donors (Lipinski definition) is 3. The monoisotopic (exact) mass is 372 g/mol. The summed E-state index contributed by atoms with van der Waals surface area (Å²) in [5, 5.41) is 6.89. The van der Waals surface area contributed by atoms with Crippen LogP contribution in [0.4, 0.5) is 14.9 Å². The van der Waals surface area contributed by atoms with Gasteiger partial charge in [-0.05, 0) is 37.6 Å². The fourth-order valence-corrected chi connectivity index (χ4v) is 3.00. The van der Waals surface area contributed by atoms with Crippen molar-refractivity contribution in [2.24, 2.45) is 5.92 Å². The molecule has 0 bridgehead atoms. The van der Waals surface area contributed by atoms with E-state index < -0.39 is 6.03 Å². The van der Waals surface area contributed by atoms with Gasteiger partial charge >= 0.3 is 6.03 Å². The fourth-order valence-electron chi connectivity index (χ4n) is 3.00. The van der Waals surface area contributed by atoms with Gasteiger partial charge in [-0.3, -0.25) is 10.1 Å². The summed E-state index contributed by atoms with van der Waals surface area (Å²) in [5.74, 6) is -0.431. The molecule has 27 heavy (non-hydrogen) atoms. The highest BCUT2D eigenvalue weighted by Gasteiger charge is 2.21. The van der Waals surface area contributed by atoms with Crippen LogP contribution in [0.5, 0.6) is 0 Å². The number of anilines is 1. The summed E-state index contributed by atoms with van der Waals surface area (Å²) in [6.07, 6.45) is 0. The predicted molar refractivity (Wildman–Crippen MR) is 104 cm³/mol. The van der Waals surface area contributed by atoms with Crippen molar-refractivity contribution >= 4 is 17.6 Å². The minimum atomic E-state index is -0.553. The molecule has 0 aliphatic heterocycles. The van der Waals surface area contributed by atoms with E-state index in [-0.39, 0.29) is 30.2 Å². The topological polar surface area (TPSA) is 74.8 Å². The summed E-state index contributed by atoms with van der Waals surface area (Å²) >= 11 is 0. The summed E-state index contributed by atoms with van der Waals surface area (Å²) < 4.78 is 13.1. The molecule has 0 spiro atoms. The molecular formula is C21H27FN3O2+. The number of nitrogens with two attached hydrogens (primary N) is 1. The average Bonchev–Trinajstić information content (AvgIpc) is 2.59. The summed E-state index contributed by atoms with van der Waals surface area (Å²) in [4.78, 5) is 24.2. The van der Waals surface area contributed by atoms with Crippen molar-refractivity contribution < 1.29 is 19.3 Å². The first-order valence-corrected chi connectivity index (χ1v) is 9.03. The molecule has 6 heteroatoms. The number of imide groups is 1. The van der Waals surface area contributed by atoms with Crippen LogP contribution in [-0.2, 0) is 4.79 Å². The van der Waals surface area contributed by atoms with Gasteiger partial charge in [0.25, 0.3) is 5.91 Å². The smallest absolute Gasteiger partial charge is 0.326 e. The van der Waals surface area contributed by atoms with Gasteiger partial charge in [-0.2, -0.15) is 0 Å². The van der Waals surface area contributed by atoms with E-state index in [1.807, 2.05) is 51.2 Å². The molecule has 144 valence electrons. The number of hydrogen-bond acceptors (Lipinski definition) is 2. The number of urea groups is 1. The van der Waals surface area contributed by atoms with Crippen molar-refractivity contribution in [3.05, 3.63) is 65.0 Å². The Balaban J connectivity index is 1.89. The van der Waals surface area contributed by atoms with Gasteiger partial charge in [0.15, 0.2) is 6.54 Å². The first-order valence-electron chi connectivity index (χ1n) is 9.03. The van der Waals surface area contributed by atoms with Crippen molar-refractivity contribution in [2.45, 2.75) is 33.7 Å². The van der Waals surface area contributed by atoms with Gasteiger partial charge in [-0.15, -0.1) is 0 Å². The van der Waals surface area contributed by atoms with E-state index in [4.69, 9.17) is 0 Å². The van der Waals surface area contributed by atoms with Crippen LogP contribution in [0.25, 0.3) is 0 Å². The maximum absolute atomic E-state index is 13.1.